The number of unbranched alkanes of at least 4 members (excludes halogenated alkanes) is 2. The van der Waals surface area contributed by atoms with Gasteiger partial charge in [0.05, 0.1) is 12.8 Å². The van der Waals surface area contributed by atoms with Gasteiger partial charge in [-0.05, 0) is 49.2 Å². The number of nitrogens with one attached hydrogen (secondary N) is 4. The lowest BCUT2D eigenvalue weighted by Crippen LogP contribution is -2.48. The van der Waals surface area contributed by atoms with Gasteiger partial charge in [0.15, 0.2) is 0 Å². The van der Waals surface area contributed by atoms with Crippen molar-refractivity contribution in [3.05, 3.63) is 66.9 Å². The van der Waals surface area contributed by atoms with Crippen LogP contribution in [0.5, 0.6) is 5.75 Å². The lowest BCUT2D eigenvalue weighted by atomic mass is 10.1. The molecular weight excluding hydrogens is 629 g/mol. The Morgan fingerprint density at radius 1 is 0.979 bits per heavy atom. The summed E-state index contributed by atoms with van der Waals surface area (Å²) in [6, 6.07) is 11.5. The summed E-state index contributed by atoms with van der Waals surface area (Å²) in [7, 11) is 3.09. The topological polar surface area (TPSA) is 141 Å². The number of halogens is 3. The second-order valence-corrected chi connectivity index (χ2v) is 11.0. The molecule has 48 heavy (non-hydrogen) atoms. The van der Waals surface area contributed by atoms with Crippen molar-refractivity contribution < 1.29 is 32.3 Å². The van der Waals surface area contributed by atoms with Gasteiger partial charge in [-0.1, -0.05) is 19.1 Å². The van der Waals surface area contributed by atoms with Gasteiger partial charge in [-0.15, -0.1) is 0 Å². The van der Waals surface area contributed by atoms with E-state index in [4.69, 9.17) is 4.74 Å². The van der Waals surface area contributed by atoms with E-state index in [2.05, 4.69) is 42.7 Å². The summed E-state index contributed by atoms with van der Waals surface area (Å²) in [5.74, 6) is -0.528. The lowest BCUT2D eigenvalue weighted by molar-refractivity contribution is -0.137. The van der Waals surface area contributed by atoms with E-state index in [9.17, 15) is 27.6 Å². The van der Waals surface area contributed by atoms with Gasteiger partial charge in [-0.3, -0.25) is 14.4 Å². The molecule has 12 nitrogen and oxygen atoms in total. The third kappa shape index (κ3) is 9.83. The number of methoxy groups -OCH3 is 1. The highest BCUT2D eigenvalue weighted by Crippen LogP contribution is 2.37. The summed E-state index contributed by atoms with van der Waals surface area (Å²) < 4.78 is 47.2. The summed E-state index contributed by atoms with van der Waals surface area (Å²) in [5.41, 5.74) is 0.835. The fourth-order valence-electron chi connectivity index (χ4n) is 5.09. The van der Waals surface area contributed by atoms with Crippen molar-refractivity contribution in [2.75, 3.05) is 61.2 Å². The number of hydrogen-bond donors (Lipinski definition) is 4. The van der Waals surface area contributed by atoms with E-state index in [0.29, 0.717) is 62.3 Å². The Morgan fingerprint density at radius 2 is 1.71 bits per heavy atom. The monoisotopic (exact) mass is 668 g/mol. The van der Waals surface area contributed by atoms with Gasteiger partial charge in [0.25, 0.3) is 0 Å². The maximum atomic E-state index is 13.9. The first-order chi connectivity index (χ1) is 23.0. The van der Waals surface area contributed by atoms with E-state index in [1.165, 1.54) is 19.2 Å². The molecule has 2 heterocycles. The smallest absolute Gasteiger partial charge is 0.421 e. The number of carbonyl (C=O) groups is 3. The first kappa shape index (κ1) is 35.5. The van der Waals surface area contributed by atoms with Gasteiger partial charge in [-0.25, -0.2) is 4.98 Å². The van der Waals surface area contributed by atoms with Gasteiger partial charge in [0.2, 0.25) is 23.7 Å². The molecule has 4 N–H and O–H groups in total. The number of nitrogens with zero attached hydrogens (tertiary/aromatic N) is 4. The van der Waals surface area contributed by atoms with Crippen molar-refractivity contribution in [2.45, 2.75) is 38.3 Å². The van der Waals surface area contributed by atoms with Crippen molar-refractivity contribution in [3.63, 3.8) is 0 Å². The van der Waals surface area contributed by atoms with Crippen LogP contribution in [0.25, 0.3) is 0 Å². The van der Waals surface area contributed by atoms with Crippen LogP contribution in [0, 0.1) is 0 Å². The standard InChI is InChI=1S/C33H39F3N8O4/c1-4-28(45)39-22-9-8-10-23(19-22)40-31-25(33(34,35)36)21-38-32(42-31)41-26-14-13-24(20-27(26)48-3)43-15-17-44(18-16-43)30(47)12-7-5-6-11-29(46)37-2/h4,8-10,13-14,19-21H,1,5-7,11-12,15-18H2,2-3H3,(H,37,46)(H,39,45)(H2,38,40,41,42). The molecule has 2 aromatic carbocycles. The Hall–Kier alpha value is -5.34. The van der Waals surface area contributed by atoms with Crippen LogP contribution < -0.4 is 30.9 Å². The minimum absolute atomic E-state index is 0.00387. The maximum absolute atomic E-state index is 13.9. The molecule has 1 aromatic heterocycles. The van der Waals surface area contributed by atoms with Crippen molar-refractivity contribution in [1.82, 2.24) is 20.2 Å². The molecule has 0 radical (unpaired) electrons. The van der Waals surface area contributed by atoms with Gasteiger partial charge in [-0.2, -0.15) is 18.2 Å². The summed E-state index contributed by atoms with van der Waals surface area (Å²) in [6.07, 6.45) is 0.257. The normalized spacial score (nSPS) is 13.0. The van der Waals surface area contributed by atoms with E-state index in [1.807, 2.05) is 11.0 Å². The molecule has 1 fully saturated rings. The SMILES string of the molecule is C=CC(=O)Nc1cccc(Nc2nc(Nc3ccc(N4CCN(C(=O)CCCCCC(=O)NC)CC4)cc3OC)ncc2C(F)(F)F)c1. The first-order valence-electron chi connectivity index (χ1n) is 15.4. The molecule has 0 aliphatic carbocycles. The molecule has 0 unspecified atom stereocenters. The van der Waals surface area contributed by atoms with Crippen LogP contribution in [0.3, 0.4) is 0 Å². The zero-order valence-electron chi connectivity index (χ0n) is 26.8. The molecule has 15 heteroatoms. The third-order valence-electron chi connectivity index (χ3n) is 7.67. The second-order valence-electron chi connectivity index (χ2n) is 11.0. The Labute approximate surface area is 276 Å². The fraction of sp³-hybridized carbons (Fsp3) is 0.364. The molecule has 0 atom stereocenters. The number of piperazine rings is 1. The minimum Gasteiger partial charge on any atom is -0.494 e. The van der Waals surface area contributed by atoms with Crippen molar-refractivity contribution >= 4 is 52.2 Å². The first-order valence-corrected chi connectivity index (χ1v) is 15.4. The van der Waals surface area contributed by atoms with Crippen LogP contribution in [0.1, 0.15) is 37.7 Å². The van der Waals surface area contributed by atoms with Crippen LogP contribution in [-0.4, -0.2) is 72.9 Å². The Kier molecular flexibility index (Phi) is 12.2. The molecule has 0 bridgehead atoms. The molecule has 0 saturated carbocycles. The molecule has 0 spiro atoms. The average molecular weight is 669 g/mol. The molecule has 4 rings (SSSR count). The highest BCUT2D eigenvalue weighted by Gasteiger charge is 2.35. The summed E-state index contributed by atoms with van der Waals surface area (Å²) in [5, 5.41) is 10.8. The van der Waals surface area contributed by atoms with Gasteiger partial charge < -0.3 is 35.8 Å². The molecular formula is C33H39F3N8O4. The maximum Gasteiger partial charge on any atom is 0.421 e. The predicted molar refractivity (Wildman–Crippen MR) is 178 cm³/mol. The summed E-state index contributed by atoms with van der Waals surface area (Å²) >= 11 is 0. The Balaban J connectivity index is 1.41. The predicted octanol–water partition coefficient (Wildman–Crippen LogP) is 5.46. The third-order valence-corrected chi connectivity index (χ3v) is 7.67. The van der Waals surface area contributed by atoms with Gasteiger partial charge in [0.1, 0.15) is 17.1 Å². The van der Waals surface area contributed by atoms with Crippen molar-refractivity contribution in [1.29, 1.82) is 0 Å². The zero-order chi connectivity index (χ0) is 34.7. The summed E-state index contributed by atoms with van der Waals surface area (Å²) in [6.45, 7) is 5.76. The number of anilines is 6. The highest BCUT2D eigenvalue weighted by molar-refractivity contribution is 5.99. The van der Waals surface area contributed by atoms with Crippen LogP contribution in [0.4, 0.5) is 47.7 Å². The number of aromatic nitrogens is 2. The van der Waals surface area contributed by atoms with Crippen LogP contribution >= 0.6 is 0 Å². The lowest BCUT2D eigenvalue weighted by Gasteiger charge is -2.36. The van der Waals surface area contributed by atoms with E-state index in [-0.39, 0.29) is 23.5 Å². The van der Waals surface area contributed by atoms with E-state index < -0.39 is 23.5 Å². The largest absolute Gasteiger partial charge is 0.494 e. The fourth-order valence-corrected chi connectivity index (χ4v) is 5.09. The van der Waals surface area contributed by atoms with Crippen LogP contribution in [0.2, 0.25) is 0 Å². The average Bonchev–Trinajstić information content (AvgIpc) is 3.07. The quantitative estimate of drug-likeness (QED) is 0.130. The molecule has 3 amide bonds. The van der Waals surface area contributed by atoms with E-state index in [1.54, 1.807) is 31.3 Å². The Morgan fingerprint density at radius 3 is 2.40 bits per heavy atom. The van der Waals surface area contributed by atoms with Crippen molar-refractivity contribution in [2.24, 2.45) is 0 Å². The minimum atomic E-state index is -4.74. The Bertz CT molecular complexity index is 1610. The summed E-state index contributed by atoms with van der Waals surface area (Å²) in [4.78, 5) is 47.7. The number of amides is 3. The van der Waals surface area contributed by atoms with Crippen molar-refractivity contribution in [3.8, 4) is 5.75 Å². The molecule has 1 aliphatic rings. The zero-order valence-corrected chi connectivity index (χ0v) is 26.8. The molecule has 3 aromatic rings. The van der Waals surface area contributed by atoms with Gasteiger partial charge >= 0.3 is 6.18 Å². The number of carbonyl (C=O) groups excluding carboxylic acids is 3. The van der Waals surface area contributed by atoms with E-state index in [0.717, 1.165) is 31.0 Å². The number of ether oxygens (including phenoxy) is 1. The number of rotatable bonds is 14. The highest BCUT2D eigenvalue weighted by atomic mass is 19.4. The number of hydrogen-bond acceptors (Lipinski definition) is 9. The number of benzene rings is 2. The van der Waals surface area contributed by atoms with Gasteiger partial charge in [0, 0.05) is 75.4 Å². The molecule has 256 valence electrons. The van der Waals surface area contributed by atoms with E-state index >= 15 is 0 Å². The van der Waals surface area contributed by atoms with Crippen LogP contribution in [-0.2, 0) is 20.6 Å². The second kappa shape index (κ2) is 16.5. The molecule has 1 aliphatic heterocycles. The molecule has 1 saturated heterocycles. The van der Waals surface area contributed by atoms with Crippen LogP contribution in [0.15, 0.2) is 61.3 Å². The number of alkyl halides is 3.